The van der Waals surface area contributed by atoms with Crippen LogP contribution in [-0.2, 0) is 24.8 Å². The van der Waals surface area contributed by atoms with E-state index in [0.29, 0.717) is 5.92 Å². The molecule has 2 aromatic rings. The highest BCUT2D eigenvalue weighted by atomic mass is 16.5. The van der Waals surface area contributed by atoms with Crippen molar-refractivity contribution in [3.05, 3.63) is 47.5 Å². The molecule has 1 aliphatic rings. The van der Waals surface area contributed by atoms with Gasteiger partial charge in [-0.3, -0.25) is 14.6 Å². The third-order valence-electron chi connectivity index (χ3n) is 4.03. The van der Waals surface area contributed by atoms with Gasteiger partial charge in [-0.05, 0) is 25.5 Å². The number of aromatic nitrogens is 3. The first-order valence-corrected chi connectivity index (χ1v) is 7.89. The molecule has 3 rings (SSSR count). The number of hydrogen-bond acceptors (Lipinski definition) is 4. The summed E-state index contributed by atoms with van der Waals surface area (Å²) < 4.78 is 7.65. The Balaban J connectivity index is 1.62. The van der Waals surface area contributed by atoms with Crippen LogP contribution in [0.2, 0.25) is 0 Å². The minimum atomic E-state index is 0.494. The first-order chi connectivity index (χ1) is 10.7. The van der Waals surface area contributed by atoms with E-state index < -0.39 is 0 Å². The van der Waals surface area contributed by atoms with Crippen LogP contribution in [-0.4, -0.2) is 46.0 Å². The third-order valence-corrected chi connectivity index (χ3v) is 4.03. The van der Waals surface area contributed by atoms with E-state index in [-0.39, 0.29) is 0 Å². The summed E-state index contributed by atoms with van der Waals surface area (Å²) in [5.41, 5.74) is 3.51. The lowest BCUT2D eigenvalue weighted by atomic mass is 10.0. The molecule has 2 aromatic heterocycles. The van der Waals surface area contributed by atoms with E-state index in [1.54, 1.807) is 0 Å². The van der Waals surface area contributed by atoms with Crippen LogP contribution in [0.3, 0.4) is 0 Å². The second-order valence-electron chi connectivity index (χ2n) is 6.17. The molecule has 1 fully saturated rings. The van der Waals surface area contributed by atoms with Crippen LogP contribution in [0.25, 0.3) is 0 Å². The quantitative estimate of drug-likeness (QED) is 0.864. The summed E-state index contributed by atoms with van der Waals surface area (Å²) in [6.07, 6.45) is 5.01. The predicted molar refractivity (Wildman–Crippen MR) is 85.5 cm³/mol. The number of rotatable bonds is 4. The van der Waals surface area contributed by atoms with Crippen molar-refractivity contribution in [3.63, 3.8) is 0 Å². The highest BCUT2D eigenvalue weighted by Crippen LogP contribution is 2.15. The van der Waals surface area contributed by atoms with Crippen LogP contribution in [0.5, 0.6) is 0 Å². The standard InChI is InChI=1S/C17H24N4O/c1-14-4-3-5-17(19-14)8-15-11-21(6-7-22-13-15)12-16-9-18-20(2)10-16/h3-5,9-10,15H,6-8,11-13H2,1-2H3/t15-/m0/s1. The maximum Gasteiger partial charge on any atom is 0.0593 e. The maximum atomic E-state index is 5.79. The third kappa shape index (κ3) is 4.15. The topological polar surface area (TPSA) is 43.2 Å². The zero-order valence-electron chi connectivity index (χ0n) is 13.4. The Morgan fingerprint density at radius 2 is 2.27 bits per heavy atom. The fourth-order valence-corrected chi connectivity index (χ4v) is 3.04. The van der Waals surface area contributed by atoms with Crippen molar-refractivity contribution in [2.24, 2.45) is 13.0 Å². The van der Waals surface area contributed by atoms with Crippen molar-refractivity contribution < 1.29 is 4.74 Å². The fourth-order valence-electron chi connectivity index (χ4n) is 3.04. The molecule has 1 atom stereocenters. The molecule has 0 amide bonds. The summed E-state index contributed by atoms with van der Waals surface area (Å²) in [4.78, 5) is 7.09. The van der Waals surface area contributed by atoms with Crippen LogP contribution in [0, 0.1) is 12.8 Å². The SMILES string of the molecule is Cc1cccc(C[C@@H]2COCCN(Cc3cnn(C)c3)C2)n1. The van der Waals surface area contributed by atoms with Gasteiger partial charge in [0.15, 0.2) is 0 Å². The molecule has 1 saturated heterocycles. The van der Waals surface area contributed by atoms with Gasteiger partial charge in [-0.2, -0.15) is 5.10 Å². The molecule has 1 aliphatic heterocycles. The van der Waals surface area contributed by atoms with E-state index >= 15 is 0 Å². The van der Waals surface area contributed by atoms with Crippen molar-refractivity contribution in [2.75, 3.05) is 26.3 Å². The smallest absolute Gasteiger partial charge is 0.0593 e. The summed E-state index contributed by atoms with van der Waals surface area (Å²) in [5.74, 6) is 0.494. The summed E-state index contributed by atoms with van der Waals surface area (Å²) in [7, 11) is 1.96. The van der Waals surface area contributed by atoms with Gasteiger partial charge >= 0.3 is 0 Å². The first kappa shape index (κ1) is 15.2. The lowest BCUT2D eigenvalue weighted by molar-refractivity contribution is 0.121. The Morgan fingerprint density at radius 1 is 1.36 bits per heavy atom. The summed E-state index contributed by atoms with van der Waals surface area (Å²) in [6, 6.07) is 6.24. The number of ether oxygens (including phenoxy) is 1. The fraction of sp³-hybridized carbons (Fsp3) is 0.529. The molecule has 0 radical (unpaired) electrons. The van der Waals surface area contributed by atoms with Crippen LogP contribution in [0.1, 0.15) is 17.0 Å². The van der Waals surface area contributed by atoms with Gasteiger partial charge in [0.05, 0.1) is 19.4 Å². The van der Waals surface area contributed by atoms with Crippen molar-refractivity contribution in [2.45, 2.75) is 19.9 Å². The molecule has 0 bridgehead atoms. The second kappa shape index (κ2) is 7.03. The summed E-state index contributed by atoms with van der Waals surface area (Å²) in [5, 5.41) is 4.25. The Morgan fingerprint density at radius 3 is 3.05 bits per heavy atom. The maximum absolute atomic E-state index is 5.79. The zero-order valence-corrected chi connectivity index (χ0v) is 13.4. The number of nitrogens with zero attached hydrogens (tertiary/aromatic N) is 4. The van der Waals surface area contributed by atoms with Gasteiger partial charge in [0.25, 0.3) is 0 Å². The molecule has 0 saturated carbocycles. The molecule has 0 spiro atoms. The Hall–Kier alpha value is -1.72. The van der Waals surface area contributed by atoms with Crippen LogP contribution in [0.15, 0.2) is 30.6 Å². The molecule has 118 valence electrons. The van der Waals surface area contributed by atoms with E-state index in [2.05, 4.69) is 33.3 Å². The molecular formula is C17H24N4O. The van der Waals surface area contributed by atoms with E-state index in [0.717, 1.165) is 50.7 Å². The molecule has 0 aliphatic carbocycles. The Bertz CT molecular complexity index is 610. The Labute approximate surface area is 131 Å². The number of hydrogen-bond donors (Lipinski definition) is 0. The van der Waals surface area contributed by atoms with Crippen molar-refractivity contribution in [3.8, 4) is 0 Å². The van der Waals surface area contributed by atoms with Gasteiger partial charge in [0.1, 0.15) is 0 Å². The lowest BCUT2D eigenvalue weighted by Gasteiger charge is -2.22. The normalized spacial score (nSPS) is 20.0. The van der Waals surface area contributed by atoms with Crippen LogP contribution < -0.4 is 0 Å². The average Bonchev–Trinajstić information content (AvgIpc) is 2.75. The van der Waals surface area contributed by atoms with Gasteiger partial charge in [0, 0.05) is 55.7 Å². The van der Waals surface area contributed by atoms with Crippen molar-refractivity contribution in [1.82, 2.24) is 19.7 Å². The molecule has 5 heteroatoms. The predicted octanol–water partition coefficient (Wildman–Crippen LogP) is 1.81. The zero-order chi connectivity index (χ0) is 15.4. The van der Waals surface area contributed by atoms with Gasteiger partial charge in [-0.15, -0.1) is 0 Å². The van der Waals surface area contributed by atoms with E-state index in [9.17, 15) is 0 Å². The molecule has 0 N–H and O–H groups in total. The van der Waals surface area contributed by atoms with E-state index in [1.807, 2.05) is 30.9 Å². The van der Waals surface area contributed by atoms with Gasteiger partial charge in [-0.25, -0.2) is 0 Å². The average molecular weight is 300 g/mol. The van der Waals surface area contributed by atoms with Gasteiger partial charge in [-0.1, -0.05) is 6.07 Å². The van der Waals surface area contributed by atoms with Crippen LogP contribution >= 0.6 is 0 Å². The number of pyridine rings is 1. The van der Waals surface area contributed by atoms with Crippen LogP contribution in [0.4, 0.5) is 0 Å². The van der Waals surface area contributed by atoms with E-state index in [4.69, 9.17) is 4.74 Å². The molecular weight excluding hydrogens is 276 g/mol. The second-order valence-corrected chi connectivity index (χ2v) is 6.17. The van der Waals surface area contributed by atoms with E-state index in [1.165, 1.54) is 5.56 Å². The largest absolute Gasteiger partial charge is 0.380 e. The first-order valence-electron chi connectivity index (χ1n) is 7.89. The minimum Gasteiger partial charge on any atom is -0.380 e. The Kier molecular flexibility index (Phi) is 4.85. The molecule has 0 unspecified atom stereocenters. The van der Waals surface area contributed by atoms with Crippen molar-refractivity contribution >= 4 is 0 Å². The minimum absolute atomic E-state index is 0.494. The summed E-state index contributed by atoms with van der Waals surface area (Å²) in [6.45, 7) is 6.63. The molecule has 0 aromatic carbocycles. The monoisotopic (exact) mass is 300 g/mol. The molecule has 3 heterocycles. The highest BCUT2D eigenvalue weighted by Gasteiger charge is 2.20. The molecule has 22 heavy (non-hydrogen) atoms. The van der Waals surface area contributed by atoms with Gasteiger partial charge < -0.3 is 4.74 Å². The van der Waals surface area contributed by atoms with Crippen molar-refractivity contribution in [1.29, 1.82) is 0 Å². The lowest BCUT2D eigenvalue weighted by Crippen LogP contribution is -2.30. The highest BCUT2D eigenvalue weighted by molar-refractivity contribution is 5.11. The van der Waals surface area contributed by atoms with Gasteiger partial charge in [0.2, 0.25) is 0 Å². The molecule has 5 nitrogen and oxygen atoms in total. The summed E-state index contributed by atoms with van der Waals surface area (Å²) >= 11 is 0. The number of aryl methyl sites for hydroxylation is 2.